The van der Waals surface area contributed by atoms with Crippen molar-refractivity contribution in [2.24, 2.45) is 12.8 Å². The minimum atomic E-state index is -0.449. The van der Waals surface area contributed by atoms with Crippen LogP contribution in [0.15, 0.2) is 15.9 Å². The summed E-state index contributed by atoms with van der Waals surface area (Å²) in [6.45, 7) is 1.30. The number of unbranched alkanes of at least 4 members (excludes halogenated alkanes) is 1. The standard InChI is InChI=1S/C10H15N5O2/c1-14-8-7(9(16)13-10(14)17)15(6-12-8)5-3-2-4-11/h6H,2-5,11H2,1H3,(H,13,16,17). The number of H-pyrrole nitrogens is 1. The summed E-state index contributed by atoms with van der Waals surface area (Å²) in [7, 11) is 1.58. The number of aryl methyl sites for hydroxylation is 2. The Hall–Kier alpha value is -1.89. The molecule has 0 amide bonds. The number of nitrogens with zero attached hydrogens (tertiary/aromatic N) is 3. The van der Waals surface area contributed by atoms with Gasteiger partial charge in [-0.05, 0) is 19.4 Å². The first-order valence-corrected chi connectivity index (χ1v) is 5.49. The fourth-order valence-electron chi connectivity index (χ4n) is 1.78. The summed E-state index contributed by atoms with van der Waals surface area (Å²) >= 11 is 0. The highest BCUT2D eigenvalue weighted by atomic mass is 16.2. The second kappa shape index (κ2) is 4.54. The molecule has 0 aromatic carbocycles. The first-order valence-electron chi connectivity index (χ1n) is 5.49. The summed E-state index contributed by atoms with van der Waals surface area (Å²) in [4.78, 5) is 29.4. The largest absolute Gasteiger partial charge is 0.330 e. The van der Waals surface area contributed by atoms with E-state index in [0.29, 0.717) is 24.3 Å². The fraction of sp³-hybridized carbons (Fsp3) is 0.500. The summed E-state index contributed by atoms with van der Waals surface area (Å²) in [6.07, 6.45) is 3.35. The molecule has 0 aliphatic rings. The second-order valence-corrected chi connectivity index (χ2v) is 3.92. The summed E-state index contributed by atoms with van der Waals surface area (Å²) in [5.41, 5.74) is 5.42. The molecule has 7 heteroatoms. The molecule has 0 saturated heterocycles. The van der Waals surface area contributed by atoms with Crippen molar-refractivity contribution in [2.75, 3.05) is 6.54 Å². The highest BCUT2D eigenvalue weighted by Crippen LogP contribution is 2.06. The Morgan fingerprint density at radius 3 is 2.88 bits per heavy atom. The van der Waals surface area contributed by atoms with Gasteiger partial charge in [0, 0.05) is 13.6 Å². The number of hydrogen-bond donors (Lipinski definition) is 2. The lowest BCUT2D eigenvalue weighted by atomic mass is 10.3. The molecule has 0 fully saturated rings. The van der Waals surface area contributed by atoms with Gasteiger partial charge in [-0.15, -0.1) is 0 Å². The molecule has 0 unspecified atom stereocenters. The van der Waals surface area contributed by atoms with Crippen molar-refractivity contribution in [2.45, 2.75) is 19.4 Å². The molecule has 0 saturated carbocycles. The first-order chi connectivity index (χ1) is 8.15. The molecule has 7 nitrogen and oxygen atoms in total. The molecule has 0 bridgehead atoms. The van der Waals surface area contributed by atoms with E-state index in [1.54, 1.807) is 17.9 Å². The van der Waals surface area contributed by atoms with Gasteiger partial charge >= 0.3 is 5.69 Å². The monoisotopic (exact) mass is 237 g/mol. The Kier molecular flexibility index (Phi) is 3.10. The van der Waals surface area contributed by atoms with Crippen molar-refractivity contribution in [1.82, 2.24) is 19.1 Å². The van der Waals surface area contributed by atoms with E-state index in [0.717, 1.165) is 12.8 Å². The predicted molar refractivity (Wildman–Crippen MR) is 63.9 cm³/mol. The number of aromatic amines is 1. The molecule has 0 atom stereocenters. The SMILES string of the molecule is Cn1c(=O)[nH]c(=O)c2c1ncn2CCCCN. The van der Waals surface area contributed by atoms with E-state index in [9.17, 15) is 9.59 Å². The Bertz CT molecular complexity index is 636. The van der Waals surface area contributed by atoms with Crippen LogP contribution in [-0.2, 0) is 13.6 Å². The summed E-state index contributed by atoms with van der Waals surface area (Å²) < 4.78 is 3.08. The highest BCUT2D eigenvalue weighted by Gasteiger charge is 2.10. The zero-order chi connectivity index (χ0) is 12.4. The molecule has 2 heterocycles. The molecule has 3 N–H and O–H groups in total. The number of fused-ring (bicyclic) bond motifs is 1. The van der Waals surface area contributed by atoms with Crippen LogP contribution >= 0.6 is 0 Å². The maximum absolute atomic E-state index is 11.7. The van der Waals surface area contributed by atoms with Crippen molar-refractivity contribution in [3.8, 4) is 0 Å². The molecular formula is C10H15N5O2. The van der Waals surface area contributed by atoms with Gasteiger partial charge in [-0.1, -0.05) is 0 Å². The van der Waals surface area contributed by atoms with Gasteiger partial charge in [-0.25, -0.2) is 9.78 Å². The number of nitrogens with two attached hydrogens (primary N) is 1. The molecule has 92 valence electrons. The smallest absolute Gasteiger partial charge is 0.329 e. The van der Waals surface area contributed by atoms with Crippen molar-refractivity contribution in [3.05, 3.63) is 27.2 Å². The third-order valence-corrected chi connectivity index (χ3v) is 2.73. The van der Waals surface area contributed by atoms with Crippen LogP contribution in [0.2, 0.25) is 0 Å². The van der Waals surface area contributed by atoms with E-state index in [-0.39, 0.29) is 0 Å². The van der Waals surface area contributed by atoms with Crippen LogP contribution in [0.3, 0.4) is 0 Å². The Morgan fingerprint density at radius 2 is 2.18 bits per heavy atom. The number of aromatic nitrogens is 4. The van der Waals surface area contributed by atoms with Gasteiger partial charge in [0.05, 0.1) is 6.33 Å². The lowest BCUT2D eigenvalue weighted by Crippen LogP contribution is -2.29. The molecule has 2 aromatic rings. The second-order valence-electron chi connectivity index (χ2n) is 3.92. The van der Waals surface area contributed by atoms with Gasteiger partial charge in [-0.2, -0.15) is 0 Å². The average Bonchev–Trinajstić information content (AvgIpc) is 2.71. The molecule has 0 radical (unpaired) electrons. The number of imidazole rings is 1. The minimum Gasteiger partial charge on any atom is -0.330 e. The van der Waals surface area contributed by atoms with E-state index < -0.39 is 11.2 Å². The van der Waals surface area contributed by atoms with E-state index in [1.807, 2.05) is 0 Å². The molecular weight excluding hydrogens is 222 g/mol. The molecule has 17 heavy (non-hydrogen) atoms. The lowest BCUT2D eigenvalue weighted by Gasteiger charge is -2.03. The van der Waals surface area contributed by atoms with Crippen LogP contribution in [0, 0.1) is 0 Å². The van der Waals surface area contributed by atoms with Crippen LogP contribution in [0.5, 0.6) is 0 Å². The molecule has 0 aliphatic carbocycles. The van der Waals surface area contributed by atoms with Crippen LogP contribution in [0.4, 0.5) is 0 Å². The van der Waals surface area contributed by atoms with Crippen molar-refractivity contribution >= 4 is 11.2 Å². The average molecular weight is 237 g/mol. The van der Waals surface area contributed by atoms with E-state index >= 15 is 0 Å². The zero-order valence-electron chi connectivity index (χ0n) is 9.64. The summed E-state index contributed by atoms with van der Waals surface area (Å²) in [6, 6.07) is 0. The van der Waals surface area contributed by atoms with E-state index in [1.165, 1.54) is 4.57 Å². The quantitative estimate of drug-likeness (QED) is 0.677. The maximum Gasteiger partial charge on any atom is 0.329 e. The van der Waals surface area contributed by atoms with Gasteiger partial charge < -0.3 is 10.3 Å². The number of hydrogen-bond acceptors (Lipinski definition) is 4. The normalized spacial score (nSPS) is 11.2. The minimum absolute atomic E-state index is 0.395. The number of rotatable bonds is 4. The Balaban J connectivity index is 2.50. The van der Waals surface area contributed by atoms with Gasteiger partial charge in [0.2, 0.25) is 0 Å². The van der Waals surface area contributed by atoms with Crippen molar-refractivity contribution in [3.63, 3.8) is 0 Å². The van der Waals surface area contributed by atoms with E-state index in [2.05, 4.69) is 9.97 Å². The first kappa shape index (κ1) is 11.6. The van der Waals surface area contributed by atoms with Crippen LogP contribution in [-0.4, -0.2) is 25.6 Å². The van der Waals surface area contributed by atoms with Crippen LogP contribution in [0.1, 0.15) is 12.8 Å². The fourth-order valence-corrected chi connectivity index (χ4v) is 1.78. The predicted octanol–water partition coefficient (Wildman–Crippen LogP) is -0.838. The van der Waals surface area contributed by atoms with Gasteiger partial charge in [-0.3, -0.25) is 14.3 Å². The molecule has 0 aliphatic heterocycles. The molecule has 2 rings (SSSR count). The summed E-state index contributed by atoms with van der Waals surface area (Å²) in [5.74, 6) is 0. The molecule has 0 spiro atoms. The van der Waals surface area contributed by atoms with E-state index in [4.69, 9.17) is 5.73 Å². The lowest BCUT2D eigenvalue weighted by molar-refractivity contribution is 0.625. The highest BCUT2D eigenvalue weighted by molar-refractivity contribution is 5.69. The third-order valence-electron chi connectivity index (χ3n) is 2.73. The molecule has 2 aromatic heterocycles. The van der Waals surface area contributed by atoms with Crippen molar-refractivity contribution < 1.29 is 0 Å². The van der Waals surface area contributed by atoms with Crippen molar-refractivity contribution in [1.29, 1.82) is 0 Å². The third kappa shape index (κ3) is 2.01. The summed E-state index contributed by atoms with van der Waals surface area (Å²) in [5, 5.41) is 0. The topological polar surface area (TPSA) is 98.7 Å². The van der Waals surface area contributed by atoms with Gasteiger partial charge in [0.25, 0.3) is 5.56 Å². The zero-order valence-corrected chi connectivity index (χ0v) is 9.64. The van der Waals surface area contributed by atoms with Gasteiger partial charge in [0.1, 0.15) is 0 Å². The Morgan fingerprint density at radius 1 is 1.41 bits per heavy atom. The Labute approximate surface area is 96.9 Å². The maximum atomic E-state index is 11.7. The van der Waals surface area contributed by atoms with Gasteiger partial charge in [0.15, 0.2) is 11.2 Å². The van der Waals surface area contributed by atoms with Crippen LogP contribution in [0.25, 0.3) is 11.2 Å². The van der Waals surface area contributed by atoms with Crippen LogP contribution < -0.4 is 17.0 Å². The number of nitrogens with one attached hydrogen (secondary N) is 1.